The van der Waals surface area contributed by atoms with Crippen LogP contribution in [0.2, 0.25) is 5.02 Å². The Balaban J connectivity index is 1.56. The lowest BCUT2D eigenvalue weighted by Crippen LogP contribution is -2.26. The number of aliphatic hydroxyl groups is 1. The molecule has 0 bridgehead atoms. The number of rotatable bonds is 5. The van der Waals surface area contributed by atoms with E-state index < -0.39 is 6.10 Å². The van der Waals surface area contributed by atoms with E-state index in [9.17, 15) is 5.11 Å². The third-order valence-electron chi connectivity index (χ3n) is 3.65. The molecule has 0 radical (unpaired) electrons. The molecule has 4 heteroatoms. The van der Waals surface area contributed by atoms with Crippen LogP contribution in [-0.4, -0.2) is 24.8 Å². The van der Waals surface area contributed by atoms with Gasteiger partial charge < -0.3 is 15.2 Å². The molecule has 1 unspecified atom stereocenters. The number of fused-ring (bicyclic) bond motifs is 1. The molecule has 1 aliphatic heterocycles. The van der Waals surface area contributed by atoms with Crippen molar-refractivity contribution in [2.24, 2.45) is 0 Å². The molecule has 0 aliphatic carbocycles. The maximum absolute atomic E-state index is 10.2. The summed E-state index contributed by atoms with van der Waals surface area (Å²) in [5.41, 5.74) is 3.00. The van der Waals surface area contributed by atoms with Crippen molar-refractivity contribution in [1.82, 2.24) is 5.32 Å². The van der Waals surface area contributed by atoms with Crippen LogP contribution in [0, 0.1) is 0 Å². The summed E-state index contributed by atoms with van der Waals surface area (Å²) in [7, 11) is 0. The van der Waals surface area contributed by atoms with Crippen LogP contribution in [0.4, 0.5) is 0 Å². The summed E-state index contributed by atoms with van der Waals surface area (Å²) < 4.78 is 5.71. The molecule has 22 heavy (non-hydrogen) atoms. The summed E-state index contributed by atoms with van der Waals surface area (Å²) in [5.74, 6) is 0.919. The Hall–Kier alpha value is -1.81. The SMILES string of the molecule is OC(CNCC1=Cc2ccccc2OC1)c1ccccc1Cl. The lowest BCUT2D eigenvalue weighted by atomic mass is 10.1. The van der Waals surface area contributed by atoms with Crippen LogP contribution in [0.1, 0.15) is 17.2 Å². The molecule has 0 saturated heterocycles. The van der Waals surface area contributed by atoms with Gasteiger partial charge in [-0.2, -0.15) is 0 Å². The normalized spacial score (nSPS) is 14.7. The zero-order chi connectivity index (χ0) is 15.4. The van der Waals surface area contributed by atoms with Crippen molar-refractivity contribution in [1.29, 1.82) is 0 Å². The van der Waals surface area contributed by atoms with Crippen molar-refractivity contribution in [3.8, 4) is 5.75 Å². The van der Waals surface area contributed by atoms with Gasteiger partial charge in [0, 0.05) is 29.2 Å². The maximum atomic E-state index is 10.2. The van der Waals surface area contributed by atoms with Crippen LogP contribution < -0.4 is 10.1 Å². The second kappa shape index (κ2) is 6.97. The van der Waals surface area contributed by atoms with E-state index in [0.29, 0.717) is 24.7 Å². The van der Waals surface area contributed by atoms with E-state index in [1.54, 1.807) is 6.07 Å². The number of benzene rings is 2. The minimum atomic E-state index is -0.619. The molecule has 1 heterocycles. The fraction of sp³-hybridized carbons (Fsp3) is 0.222. The summed E-state index contributed by atoms with van der Waals surface area (Å²) in [6, 6.07) is 15.3. The third kappa shape index (κ3) is 3.50. The minimum absolute atomic E-state index is 0.447. The zero-order valence-electron chi connectivity index (χ0n) is 12.1. The van der Waals surface area contributed by atoms with Gasteiger partial charge in [0.05, 0.1) is 6.10 Å². The van der Waals surface area contributed by atoms with E-state index in [2.05, 4.69) is 11.4 Å². The van der Waals surface area contributed by atoms with Crippen LogP contribution in [-0.2, 0) is 0 Å². The summed E-state index contributed by atoms with van der Waals surface area (Å²) in [6.07, 6.45) is 1.51. The highest BCUT2D eigenvalue weighted by Gasteiger charge is 2.13. The Morgan fingerprint density at radius 1 is 1.14 bits per heavy atom. The average molecular weight is 316 g/mol. The molecule has 0 spiro atoms. The standard InChI is InChI=1S/C18H18ClNO2/c19-16-7-3-2-6-15(16)17(21)11-20-10-13-9-14-5-1-4-8-18(14)22-12-13/h1-9,17,20-21H,10-12H2. The van der Waals surface area contributed by atoms with Crippen LogP contribution in [0.5, 0.6) is 5.75 Å². The molecule has 2 aromatic rings. The van der Waals surface area contributed by atoms with Gasteiger partial charge in [-0.3, -0.25) is 0 Å². The van der Waals surface area contributed by atoms with Gasteiger partial charge in [-0.1, -0.05) is 48.0 Å². The summed E-state index contributed by atoms with van der Waals surface area (Å²) in [5, 5.41) is 14.0. The molecule has 0 amide bonds. The Morgan fingerprint density at radius 2 is 1.91 bits per heavy atom. The Bertz CT molecular complexity index is 684. The van der Waals surface area contributed by atoms with Crippen molar-refractivity contribution >= 4 is 17.7 Å². The van der Waals surface area contributed by atoms with E-state index in [0.717, 1.165) is 22.4 Å². The first-order valence-corrected chi connectivity index (χ1v) is 7.66. The predicted octanol–water partition coefficient (Wildman–Crippen LogP) is 3.44. The monoisotopic (exact) mass is 315 g/mol. The second-order valence-corrected chi connectivity index (χ2v) is 5.70. The first-order chi connectivity index (χ1) is 10.7. The van der Waals surface area contributed by atoms with Gasteiger partial charge in [-0.25, -0.2) is 0 Å². The zero-order valence-corrected chi connectivity index (χ0v) is 12.9. The van der Waals surface area contributed by atoms with E-state index in [-0.39, 0.29) is 0 Å². The van der Waals surface area contributed by atoms with E-state index in [4.69, 9.17) is 16.3 Å². The van der Waals surface area contributed by atoms with Gasteiger partial charge in [-0.05, 0) is 23.8 Å². The van der Waals surface area contributed by atoms with Crippen LogP contribution >= 0.6 is 11.6 Å². The smallest absolute Gasteiger partial charge is 0.127 e. The Kier molecular flexibility index (Phi) is 4.78. The fourth-order valence-electron chi connectivity index (χ4n) is 2.49. The molecule has 1 aliphatic rings. The largest absolute Gasteiger partial charge is 0.489 e. The third-order valence-corrected chi connectivity index (χ3v) is 3.99. The minimum Gasteiger partial charge on any atom is -0.489 e. The summed E-state index contributed by atoms with van der Waals surface area (Å²) >= 11 is 6.08. The number of hydrogen-bond acceptors (Lipinski definition) is 3. The Morgan fingerprint density at radius 3 is 2.77 bits per heavy atom. The van der Waals surface area contributed by atoms with Crippen molar-refractivity contribution in [3.63, 3.8) is 0 Å². The number of aliphatic hydroxyl groups excluding tert-OH is 1. The van der Waals surface area contributed by atoms with Crippen molar-refractivity contribution < 1.29 is 9.84 Å². The van der Waals surface area contributed by atoms with Gasteiger partial charge in [0.25, 0.3) is 0 Å². The lowest BCUT2D eigenvalue weighted by molar-refractivity contribution is 0.175. The van der Waals surface area contributed by atoms with Gasteiger partial charge in [0.15, 0.2) is 0 Å². The number of nitrogens with one attached hydrogen (secondary N) is 1. The van der Waals surface area contributed by atoms with E-state index in [1.807, 2.05) is 42.5 Å². The maximum Gasteiger partial charge on any atom is 0.127 e. The molecule has 1 atom stereocenters. The topological polar surface area (TPSA) is 41.5 Å². The summed E-state index contributed by atoms with van der Waals surface area (Å²) in [4.78, 5) is 0. The molecule has 2 N–H and O–H groups in total. The van der Waals surface area contributed by atoms with Gasteiger partial charge in [-0.15, -0.1) is 0 Å². The van der Waals surface area contributed by atoms with Crippen molar-refractivity contribution in [3.05, 3.63) is 70.3 Å². The molecular weight excluding hydrogens is 298 g/mol. The average Bonchev–Trinajstić information content (AvgIpc) is 2.55. The molecule has 2 aromatic carbocycles. The first-order valence-electron chi connectivity index (χ1n) is 7.28. The molecule has 3 nitrogen and oxygen atoms in total. The molecule has 0 fully saturated rings. The highest BCUT2D eigenvalue weighted by molar-refractivity contribution is 6.31. The number of halogens is 1. The highest BCUT2D eigenvalue weighted by Crippen LogP contribution is 2.25. The van der Waals surface area contributed by atoms with E-state index >= 15 is 0 Å². The molecular formula is C18H18ClNO2. The number of ether oxygens (including phenoxy) is 1. The number of hydrogen-bond donors (Lipinski definition) is 2. The fourth-order valence-corrected chi connectivity index (χ4v) is 2.75. The van der Waals surface area contributed by atoms with Crippen LogP contribution in [0.15, 0.2) is 54.1 Å². The van der Waals surface area contributed by atoms with Crippen LogP contribution in [0.3, 0.4) is 0 Å². The highest BCUT2D eigenvalue weighted by atomic mass is 35.5. The molecule has 0 saturated carbocycles. The lowest BCUT2D eigenvalue weighted by Gasteiger charge is -2.19. The first kappa shape index (κ1) is 15.1. The van der Waals surface area contributed by atoms with Crippen molar-refractivity contribution in [2.75, 3.05) is 19.7 Å². The quantitative estimate of drug-likeness (QED) is 0.888. The summed E-state index contributed by atoms with van der Waals surface area (Å²) in [6.45, 7) is 1.70. The van der Waals surface area contributed by atoms with E-state index in [1.165, 1.54) is 0 Å². The van der Waals surface area contributed by atoms with Gasteiger partial charge in [0.1, 0.15) is 12.4 Å². The second-order valence-electron chi connectivity index (χ2n) is 5.30. The van der Waals surface area contributed by atoms with Gasteiger partial charge >= 0.3 is 0 Å². The molecule has 114 valence electrons. The van der Waals surface area contributed by atoms with Crippen molar-refractivity contribution in [2.45, 2.75) is 6.10 Å². The molecule has 0 aromatic heterocycles. The predicted molar refractivity (Wildman–Crippen MR) is 89.2 cm³/mol. The molecule has 3 rings (SSSR count). The number of para-hydroxylation sites is 1. The van der Waals surface area contributed by atoms with Crippen LogP contribution in [0.25, 0.3) is 6.08 Å². The Labute approximate surface area is 135 Å². The van der Waals surface area contributed by atoms with Gasteiger partial charge in [0.2, 0.25) is 0 Å².